The summed E-state index contributed by atoms with van der Waals surface area (Å²) in [4.78, 5) is 28.9. The van der Waals surface area contributed by atoms with Crippen LogP contribution in [0.3, 0.4) is 0 Å². The maximum atomic E-state index is 14.3. The van der Waals surface area contributed by atoms with Crippen molar-refractivity contribution in [2.24, 2.45) is 5.92 Å². The molecule has 2 aliphatic carbocycles. The highest BCUT2D eigenvalue weighted by Gasteiger charge is 2.55. The summed E-state index contributed by atoms with van der Waals surface area (Å²) in [7, 11) is 0. The number of ether oxygens (including phenoxy) is 1. The van der Waals surface area contributed by atoms with E-state index >= 15 is 0 Å². The Kier molecular flexibility index (Phi) is 6.32. The lowest BCUT2D eigenvalue weighted by Crippen LogP contribution is -2.69. The summed E-state index contributed by atoms with van der Waals surface area (Å²) in [6.07, 6.45) is 12.4. The molecule has 2 unspecified atom stereocenters. The van der Waals surface area contributed by atoms with E-state index in [1.54, 1.807) is 43.0 Å². The fourth-order valence-corrected chi connectivity index (χ4v) is 7.31. The Bertz CT molecular complexity index is 1740. The van der Waals surface area contributed by atoms with Gasteiger partial charge in [0.1, 0.15) is 24.2 Å². The van der Waals surface area contributed by atoms with Gasteiger partial charge in [0.15, 0.2) is 11.5 Å². The standard InChI is InChI=1S/C31H31FN8O3/c1-30(2,42)17-43-22-8-23(28-19(12-33)13-37-39(28)16-22)25-14-36-26(15-35-25)40-20-6-18-7-21(40)11-31(9-18,10-20)38-29(41)27-24(32)4-3-5-34-27/h3-5,8,13-16,18,20-21,42H,6-7,9-11,17H2,1-2H3,(H,38,41)/t18?,20-,21+,31?. The molecule has 0 aromatic carbocycles. The lowest BCUT2D eigenvalue weighted by Gasteiger charge is -2.61. The van der Waals surface area contributed by atoms with Crippen LogP contribution in [0.25, 0.3) is 16.8 Å². The van der Waals surface area contributed by atoms with Crippen molar-refractivity contribution in [1.29, 1.82) is 5.26 Å². The van der Waals surface area contributed by atoms with Crippen molar-refractivity contribution in [2.45, 2.75) is 69.2 Å². The van der Waals surface area contributed by atoms with Gasteiger partial charge < -0.3 is 20.1 Å². The third kappa shape index (κ3) is 4.93. The first-order valence-corrected chi connectivity index (χ1v) is 14.4. The molecule has 2 aliphatic heterocycles. The third-order valence-corrected chi connectivity index (χ3v) is 8.76. The predicted molar refractivity (Wildman–Crippen MR) is 154 cm³/mol. The van der Waals surface area contributed by atoms with E-state index in [1.165, 1.54) is 24.5 Å². The molecule has 8 rings (SSSR count). The molecule has 4 fully saturated rings. The molecule has 220 valence electrons. The average molecular weight is 583 g/mol. The Morgan fingerprint density at radius 2 is 2.00 bits per heavy atom. The van der Waals surface area contributed by atoms with E-state index in [2.05, 4.69) is 26.4 Å². The Morgan fingerprint density at radius 3 is 2.67 bits per heavy atom. The lowest BCUT2D eigenvalue weighted by molar-refractivity contribution is 0.0283. The second-order valence-electron chi connectivity index (χ2n) is 12.6. The van der Waals surface area contributed by atoms with Gasteiger partial charge in [0.25, 0.3) is 5.91 Å². The van der Waals surface area contributed by atoms with Gasteiger partial charge in [-0.2, -0.15) is 10.4 Å². The highest BCUT2D eigenvalue weighted by molar-refractivity contribution is 5.93. The van der Waals surface area contributed by atoms with Gasteiger partial charge >= 0.3 is 0 Å². The highest BCUT2D eigenvalue weighted by atomic mass is 19.1. The van der Waals surface area contributed by atoms with Crippen LogP contribution in [0.5, 0.6) is 5.75 Å². The number of nitriles is 1. The number of carbonyl (C=O) groups excluding carboxylic acids is 1. The number of hydrogen-bond acceptors (Lipinski definition) is 9. The summed E-state index contributed by atoms with van der Waals surface area (Å²) in [5, 5.41) is 27.3. The van der Waals surface area contributed by atoms with Gasteiger partial charge in [-0.05, 0) is 70.1 Å². The minimum Gasteiger partial charge on any atom is -0.489 e. The van der Waals surface area contributed by atoms with Crippen LogP contribution < -0.4 is 15.0 Å². The van der Waals surface area contributed by atoms with Gasteiger partial charge in [-0.3, -0.25) is 9.78 Å². The summed E-state index contributed by atoms with van der Waals surface area (Å²) in [6.45, 7) is 3.40. The smallest absolute Gasteiger partial charge is 0.273 e. The number of aliphatic hydroxyl groups is 1. The number of anilines is 1. The van der Waals surface area contributed by atoms with Crippen molar-refractivity contribution in [3.05, 3.63) is 66.3 Å². The van der Waals surface area contributed by atoms with E-state index in [1.807, 2.05) is 0 Å². The normalized spacial score (nSPS) is 24.3. The summed E-state index contributed by atoms with van der Waals surface area (Å²) in [5.74, 6) is 0.625. The number of nitrogens with zero attached hydrogens (tertiary/aromatic N) is 7. The predicted octanol–water partition coefficient (Wildman–Crippen LogP) is 3.67. The molecular formula is C31H31FN8O3. The van der Waals surface area contributed by atoms with E-state index in [9.17, 15) is 19.6 Å². The van der Waals surface area contributed by atoms with Gasteiger partial charge in [0.2, 0.25) is 0 Å². The van der Waals surface area contributed by atoms with E-state index < -0.39 is 22.9 Å². The average Bonchev–Trinajstić information content (AvgIpc) is 3.38. The minimum atomic E-state index is -1.03. The zero-order valence-electron chi connectivity index (χ0n) is 23.9. The molecule has 4 bridgehead atoms. The van der Waals surface area contributed by atoms with E-state index in [-0.39, 0.29) is 24.4 Å². The number of amides is 1. The van der Waals surface area contributed by atoms with E-state index in [0.29, 0.717) is 34.0 Å². The van der Waals surface area contributed by atoms with Crippen molar-refractivity contribution in [2.75, 3.05) is 11.5 Å². The van der Waals surface area contributed by atoms with Crippen LogP contribution in [0.15, 0.2) is 49.2 Å². The molecule has 11 nitrogen and oxygen atoms in total. The largest absolute Gasteiger partial charge is 0.489 e. The molecule has 2 N–H and O–H groups in total. The molecule has 6 heterocycles. The van der Waals surface area contributed by atoms with E-state index in [0.717, 1.165) is 37.9 Å². The van der Waals surface area contributed by atoms with E-state index in [4.69, 9.17) is 14.7 Å². The Labute approximate surface area is 247 Å². The van der Waals surface area contributed by atoms with Gasteiger partial charge in [-0.1, -0.05) is 0 Å². The fourth-order valence-electron chi connectivity index (χ4n) is 7.31. The summed E-state index contributed by atoms with van der Waals surface area (Å²) in [6, 6.07) is 7.05. The zero-order chi connectivity index (χ0) is 29.9. The first-order valence-electron chi connectivity index (χ1n) is 14.4. The maximum absolute atomic E-state index is 14.3. The Hall–Kier alpha value is -4.63. The van der Waals surface area contributed by atoms with Crippen LogP contribution >= 0.6 is 0 Å². The number of fused-ring (bicyclic) bond motifs is 1. The number of rotatable bonds is 7. The molecule has 4 aromatic heterocycles. The molecule has 43 heavy (non-hydrogen) atoms. The second-order valence-corrected chi connectivity index (χ2v) is 12.6. The van der Waals surface area contributed by atoms with Crippen LogP contribution in [-0.4, -0.2) is 65.4 Å². The number of aromatic nitrogens is 5. The van der Waals surface area contributed by atoms with Crippen LogP contribution in [0.2, 0.25) is 0 Å². The molecule has 1 amide bonds. The third-order valence-electron chi connectivity index (χ3n) is 8.76. The first-order chi connectivity index (χ1) is 20.6. The molecule has 4 aliphatic rings. The Balaban J connectivity index is 1.15. The molecular weight excluding hydrogens is 551 g/mol. The number of carbonyl (C=O) groups is 1. The number of hydrogen-bond donors (Lipinski definition) is 2. The number of pyridine rings is 2. The van der Waals surface area contributed by atoms with Crippen molar-refractivity contribution in [3.8, 4) is 23.1 Å². The molecule has 12 heteroatoms. The fraction of sp³-hybridized carbons (Fsp3) is 0.419. The number of nitrogens with one attached hydrogen (secondary N) is 1. The zero-order valence-corrected chi connectivity index (χ0v) is 23.9. The number of piperidine rings is 2. The van der Waals surface area contributed by atoms with Crippen LogP contribution in [-0.2, 0) is 0 Å². The monoisotopic (exact) mass is 582 g/mol. The minimum absolute atomic E-state index is 0.0758. The number of halogens is 1. The quantitative estimate of drug-likeness (QED) is 0.334. The van der Waals surface area contributed by atoms with Crippen LogP contribution in [0.1, 0.15) is 62.0 Å². The summed E-state index contributed by atoms with van der Waals surface area (Å²) in [5.41, 5.74) is 0.608. The van der Waals surface area contributed by atoms with Gasteiger partial charge in [0, 0.05) is 29.4 Å². The van der Waals surface area contributed by atoms with Gasteiger partial charge in [-0.15, -0.1) is 0 Å². The summed E-state index contributed by atoms with van der Waals surface area (Å²) >= 11 is 0. The summed E-state index contributed by atoms with van der Waals surface area (Å²) < 4.78 is 21.7. The molecule has 0 spiro atoms. The second kappa shape index (κ2) is 9.98. The highest BCUT2D eigenvalue weighted by Crippen LogP contribution is 2.52. The topological polar surface area (TPSA) is 142 Å². The molecule has 2 saturated heterocycles. The molecule has 2 saturated carbocycles. The first kappa shape index (κ1) is 27.2. The van der Waals surface area contributed by atoms with Gasteiger partial charge in [0.05, 0.1) is 47.2 Å². The Morgan fingerprint density at radius 1 is 1.21 bits per heavy atom. The van der Waals surface area contributed by atoms with Crippen molar-refractivity contribution < 1.29 is 19.0 Å². The lowest BCUT2D eigenvalue weighted by atomic mass is 9.59. The molecule has 4 aromatic rings. The van der Waals surface area contributed by atoms with Crippen molar-refractivity contribution in [3.63, 3.8) is 0 Å². The molecule has 4 atom stereocenters. The maximum Gasteiger partial charge on any atom is 0.273 e. The van der Waals surface area contributed by atoms with Crippen LogP contribution in [0, 0.1) is 23.1 Å². The van der Waals surface area contributed by atoms with Gasteiger partial charge in [-0.25, -0.2) is 18.9 Å². The van der Waals surface area contributed by atoms with Crippen LogP contribution in [0.4, 0.5) is 10.2 Å². The van der Waals surface area contributed by atoms with Crippen molar-refractivity contribution in [1.82, 2.24) is 29.9 Å². The van der Waals surface area contributed by atoms with Crippen molar-refractivity contribution >= 4 is 17.2 Å². The molecule has 0 radical (unpaired) electrons. The SMILES string of the molecule is CC(C)(O)COc1cc(-c2cnc(N3[C@@H]4CC5C[C@H]3CC(NC(=O)c3ncccc3F)(C5)C4)cn2)c2c(C#N)cnn2c1.